The summed E-state index contributed by atoms with van der Waals surface area (Å²) in [6.07, 6.45) is 0. The molecule has 1 aromatic heterocycles. The number of nitrogens with one attached hydrogen (secondary N) is 1. The van der Waals surface area contributed by atoms with Gasteiger partial charge >= 0.3 is 5.97 Å². The second-order valence-corrected chi connectivity index (χ2v) is 4.92. The lowest BCUT2D eigenvalue weighted by Gasteiger charge is -2.11. The van der Waals surface area contributed by atoms with Crippen LogP contribution in [0.15, 0.2) is 24.3 Å². The van der Waals surface area contributed by atoms with E-state index in [1.165, 1.54) is 0 Å². The highest BCUT2D eigenvalue weighted by molar-refractivity contribution is 5.93. The van der Waals surface area contributed by atoms with Crippen molar-refractivity contribution in [1.29, 1.82) is 0 Å². The molecule has 2 aromatic rings. The Morgan fingerprint density at radius 3 is 2.86 bits per heavy atom. The van der Waals surface area contributed by atoms with Crippen LogP contribution >= 0.6 is 0 Å². The molecule has 1 aromatic carbocycles. The summed E-state index contributed by atoms with van der Waals surface area (Å²) < 4.78 is 10.7. The van der Waals surface area contributed by atoms with E-state index in [1.807, 2.05) is 43.3 Å². The van der Waals surface area contributed by atoms with Crippen molar-refractivity contribution in [2.45, 2.75) is 6.92 Å². The summed E-state index contributed by atoms with van der Waals surface area (Å²) in [5.74, 6) is 0.224. The molecule has 0 bridgehead atoms. The number of benzene rings is 1. The van der Waals surface area contributed by atoms with Crippen LogP contribution in [-0.2, 0) is 4.74 Å². The number of aromatic nitrogens is 3. The first-order valence-corrected chi connectivity index (χ1v) is 7.07. The van der Waals surface area contributed by atoms with Crippen molar-refractivity contribution in [1.82, 2.24) is 20.3 Å². The summed E-state index contributed by atoms with van der Waals surface area (Å²) in [5, 5.41) is 10.4. The molecule has 0 atom stereocenters. The second kappa shape index (κ2) is 7.56. The molecule has 0 saturated heterocycles. The van der Waals surface area contributed by atoms with Gasteiger partial charge in [0.25, 0.3) is 0 Å². The Hall–Kier alpha value is -2.41. The van der Waals surface area contributed by atoms with Crippen molar-refractivity contribution >= 4 is 5.97 Å². The van der Waals surface area contributed by atoms with E-state index in [0.29, 0.717) is 18.9 Å². The molecule has 7 nitrogen and oxygen atoms in total. The molecule has 22 heavy (non-hydrogen) atoms. The summed E-state index contributed by atoms with van der Waals surface area (Å²) in [7, 11) is 3.97. The minimum absolute atomic E-state index is 0.173. The van der Waals surface area contributed by atoms with Gasteiger partial charge in [-0.3, -0.25) is 0 Å². The number of aromatic amines is 1. The number of H-pyrrole nitrogens is 1. The Morgan fingerprint density at radius 1 is 1.32 bits per heavy atom. The van der Waals surface area contributed by atoms with Crippen LogP contribution in [0.3, 0.4) is 0 Å². The van der Waals surface area contributed by atoms with Crippen molar-refractivity contribution in [3.8, 4) is 17.0 Å². The number of carbonyl (C=O) groups is 1. The molecular weight excluding hydrogens is 284 g/mol. The molecule has 7 heteroatoms. The molecule has 0 saturated carbocycles. The fourth-order valence-electron chi connectivity index (χ4n) is 1.85. The Labute approximate surface area is 129 Å². The molecule has 0 radical (unpaired) electrons. The third kappa shape index (κ3) is 4.05. The van der Waals surface area contributed by atoms with Gasteiger partial charge in [0.2, 0.25) is 0 Å². The van der Waals surface area contributed by atoms with Gasteiger partial charge in [0.1, 0.15) is 18.1 Å². The van der Waals surface area contributed by atoms with E-state index in [-0.39, 0.29) is 5.69 Å². The number of carbonyl (C=O) groups excluding carboxylic acids is 1. The third-order valence-electron chi connectivity index (χ3n) is 2.93. The van der Waals surface area contributed by atoms with Crippen LogP contribution in [0.4, 0.5) is 0 Å². The first-order valence-electron chi connectivity index (χ1n) is 7.07. The number of esters is 1. The second-order valence-electron chi connectivity index (χ2n) is 4.92. The molecule has 2 rings (SSSR count). The van der Waals surface area contributed by atoms with Gasteiger partial charge in [0.05, 0.1) is 6.61 Å². The number of likely N-dealkylation sites (N-methyl/N-ethyl adjacent to an activating group) is 1. The number of hydrogen-bond acceptors (Lipinski definition) is 6. The lowest BCUT2D eigenvalue weighted by Crippen LogP contribution is -2.19. The van der Waals surface area contributed by atoms with Crippen LogP contribution in [0.2, 0.25) is 0 Å². The van der Waals surface area contributed by atoms with Crippen LogP contribution in [0, 0.1) is 0 Å². The predicted octanol–water partition coefficient (Wildman–Crippen LogP) is 1.59. The van der Waals surface area contributed by atoms with Gasteiger partial charge in [-0.15, -0.1) is 5.10 Å². The molecular formula is C15H20N4O3. The third-order valence-corrected chi connectivity index (χ3v) is 2.93. The van der Waals surface area contributed by atoms with E-state index >= 15 is 0 Å². The highest BCUT2D eigenvalue weighted by Gasteiger charge is 2.19. The summed E-state index contributed by atoms with van der Waals surface area (Å²) in [5.41, 5.74) is 1.38. The average Bonchev–Trinajstić information content (AvgIpc) is 2.97. The molecule has 0 aliphatic rings. The monoisotopic (exact) mass is 304 g/mol. The van der Waals surface area contributed by atoms with E-state index in [9.17, 15) is 4.79 Å². The molecule has 0 unspecified atom stereocenters. The minimum atomic E-state index is -0.495. The van der Waals surface area contributed by atoms with Crippen molar-refractivity contribution in [2.75, 3.05) is 33.9 Å². The topological polar surface area (TPSA) is 80.3 Å². The summed E-state index contributed by atoms with van der Waals surface area (Å²) >= 11 is 0. The number of hydrogen-bond donors (Lipinski definition) is 1. The Balaban J connectivity index is 2.16. The van der Waals surface area contributed by atoms with Crippen LogP contribution in [-0.4, -0.2) is 60.1 Å². The SMILES string of the molecule is CCOC(=O)c1n[nH]nc1-c1cccc(OCCN(C)C)c1. The lowest BCUT2D eigenvalue weighted by atomic mass is 10.1. The maximum atomic E-state index is 11.9. The molecule has 0 aliphatic heterocycles. The van der Waals surface area contributed by atoms with Gasteiger partial charge < -0.3 is 14.4 Å². The van der Waals surface area contributed by atoms with Crippen LogP contribution in [0.5, 0.6) is 5.75 Å². The first-order chi connectivity index (χ1) is 10.6. The van der Waals surface area contributed by atoms with Gasteiger partial charge in [-0.25, -0.2) is 4.79 Å². The fraction of sp³-hybridized carbons (Fsp3) is 0.400. The van der Waals surface area contributed by atoms with Crippen molar-refractivity contribution in [3.05, 3.63) is 30.0 Å². The summed E-state index contributed by atoms with van der Waals surface area (Å²) in [4.78, 5) is 13.9. The summed E-state index contributed by atoms with van der Waals surface area (Å²) in [6.45, 7) is 3.44. The van der Waals surface area contributed by atoms with E-state index in [1.54, 1.807) is 6.92 Å². The molecule has 0 amide bonds. The van der Waals surface area contributed by atoms with E-state index in [2.05, 4.69) is 15.4 Å². The normalized spacial score (nSPS) is 10.7. The van der Waals surface area contributed by atoms with Crippen LogP contribution in [0.1, 0.15) is 17.4 Å². The molecule has 118 valence electrons. The largest absolute Gasteiger partial charge is 0.492 e. The van der Waals surface area contributed by atoms with Crippen molar-refractivity contribution < 1.29 is 14.3 Å². The quantitative estimate of drug-likeness (QED) is 0.782. The van der Waals surface area contributed by atoms with Crippen molar-refractivity contribution in [2.24, 2.45) is 0 Å². The predicted molar refractivity (Wildman–Crippen MR) is 81.8 cm³/mol. The number of nitrogens with zero attached hydrogens (tertiary/aromatic N) is 3. The Morgan fingerprint density at radius 2 is 2.14 bits per heavy atom. The van der Waals surface area contributed by atoms with E-state index in [4.69, 9.17) is 9.47 Å². The van der Waals surface area contributed by atoms with Gasteiger partial charge in [-0.1, -0.05) is 12.1 Å². The highest BCUT2D eigenvalue weighted by Crippen LogP contribution is 2.24. The van der Waals surface area contributed by atoms with Gasteiger partial charge in [-0.2, -0.15) is 10.3 Å². The maximum absolute atomic E-state index is 11.9. The van der Waals surface area contributed by atoms with E-state index < -0.39 is 5.97 Å². The number of ether oxygens (including phenoxy) is 2. The van der Waals surface area contributed by atoms with E-state index in [0.717, 1.165) is 17.9 Å². The standard InChI is InChI=1S/C15H20N4O3/c1-4-21-15(20)14-13(16-18-17-14)11-6-5-7-12(10-11)22-9-8-19(2)3/h5-7,10H,4,8-9H2,1-3H3,(H,16,17,18). The zero-order valence-electron chi connectivity index (χ0n) is 13.0. The van der Waals surface area contributed by atoms with Gasteiger partial charge in [0.15, 0.2) is 5.69 Å². The van der Waals surface area contributed by atoms with Gasteiger partial charge in [0, 0.05) is 12.1 Å². The average molecular weight is 304 g/mol. The van der Waals surface area contributed by atoms with Crippen LogP contribution in [0.25, 0.3) is 11.3 Å². The first kappa shape index (κ1) is 16.0. The maximum Gasteiger partial charge on any atom is 0.361 e. The Bertz CT molecular complexity index is 625. The molecule has 1 N–H and O–H groups in total. The smallest absolute Gasteiger partial charge is 0.361 e. The minimum Gasteiger partial charge on any atom is -0.492 e. The van der Waals surface area contributed by atoms with Crippen LogP contribution < -0.4 is 4.74 Å². The lowest BCUT2D eigenvalue weighted by molar-refractivity contribution is 0.0520. The zero-order chi connectivity index (χ0) is 15.9. The fourth-order valence-corrected chi connectivity index (χ4v) is 1.85. The molecule has 0 fully saturated rings. The molecule has 0 spiro atoms. The Kier molecular flexibility index (Phi) is 5.48. The summed E-state index contributed by atoms with van der Waals surface area (Å²) in [6, 6.07) is 7.39. The molecule has 0 aliphatic carbocycles. The number of rotatable bonds is 7. The van der Waals surface area contributed by atoms with Gasteiger partial charge in [-0.05, 0) is 33.2 Å². The zero-order valence-corrected chi connectivity index (χ0v) is 13.0. The highest BCUT2D eigenvalue weighted by atomic mass is 16.5. The van der Waals surface area contributed by atoms with Crippen molar-refractivity contribution in [3.63, 3.8) is 0 Å². The molecule has 1 heterocycles.